The fourth-order valence-corrected chi connectivity index (χ4v) is 3.85. The Balaban J connectivity index is 1.85. The quantitative estimate of drug-likeness (QED) is 0.382. The number of anilines is 1. The van der Waals surface area contributed by atoms with E-state index in [0.29, 0.717) is 33.0 Å². The van der Waals surface area contributed by atoms with Gasteiger partial charge in [0, 0.05) is 6.20 Å². The van der Waals surface area contributed by atoms with Crippen molar-refractivity contribution < 1.29 is 14.3 Å². The second kappa shape index (κ2) is 9.01. The summed E-state index contributed by atoms with van der Waals surface area (Å²) in [5, 5.41) is 0. The number of hydrogen-bond acceptors (Lipinski definition) is 6. The predicted molar refractivity (Wildman–Crippen MR) is 113 cm³/mol. The van der Waals surface area contributed by atoms with Gasteiger partial charge in [-0.3, -0.25) is 14.7 Å². The minimum absolute atomic E-state index is 0.151. The molecule has 1 aromatic heterocycles. The molecule has 0 radical (unpaired) electrons. The lowest BCUT2D eigenvalue weighted by Crippen LogP contribution is -2.27. The summed E-state index contributed by atoms with van der Waals surface area (Å²) < 4.78 is 11.7. The van der Waals surface area contributed by atoms with E-state index in [9.17, 15) is 4.79 Å². The largest absolute Gasteiger partial charge is 0.493 e. The van der Waals surface area contributed by atoms with Crippen molar-refractivity contribution in [2.45, 2.75) is 19.8 Å². The fourth-order valence-electron chi connectivity index (χ4n) is 2.55. The molecule has 0 bridgehead atoms. The van der Waals surface area contributed by atoms with Crippen molar-refractivity contribution in [2.24, 2.45) is 0 Å². The van der Waals surface area contributed by atoms with Gasteiger partial charge in [0.1, 0.15) is 0 Å². The smallest absolute Gasteiger partial charge is 0.270 e. The Morgan fingerprint density at radius 1 is 1.30 bits per heavy atom. The lowest BCUT2D eigenvalue weighted by atomic mass is 10.2. The molecule has 0 atom stereocenters. The third kappa shape index (κ3) is 4.48. The number of thioether (sulfide) groups is 1. The van der Waals surface area contributed by atoms with Crippen LogP contribution in [0.15, 0.2) is 47.6 Å². The highest BCUT2D eigenvalue weighted by Gasteiger charge is 2.33. The average Bonchev–Trinajstić information content (AvgIpc) is 2.96. The van der Waals surface area contributed by atoms with Crippen molar-refractivity contribution >= 4 is 46.0 Å². The Kier molecular flexibility index (Phi) is 6.47. The number of pyridine rings is 1. The van der Waals surface area contributed by atoms with Gasteiger partial charge in [-0.15, -0.1) is 0 Å². The normalized spacial score (nSPS) is 15.5. The number of carbonyl (C=O) groups is 1. The van der Waals surface area contributed by atoms with Crippen molar-refractivity contribution in [3.63, 3.8) is 0 Å². The average molecular weight is 401 g/mol. The summed E-state index contributed by atoms with van der Waals surface area (Å²) in [5.41, 5.74) is 1.52. The number of carbonyl (C=O) groups excluding carboxylic acids is 1. The molecule has 3 rings (SSSR count). The minimum atomic E-state index is -0.151. The molecule has 1 fully saturated rings. The van der Waals surface area contributed by atoms with Crippen LogP contribution in [0.2, 0.25) is 0 Å². The lowest BCUT2D eigenvalue weighted by molar-refractivity contribution is -0.113. The van der Waals surface area contributed by atoms with Crippen molar-refractivity contribution in [2.75, 3.05) is 18.6 Å². The van der Waals surface area contributed by atoms with E-state index in [1.807, 2.05) is 30.3 Å². The summed E-state index contributed by atoms with van der Waals surface area (Å²) in [6.45, 7) is 2.74. The summed E-state index contributed by atoms with van der Waals surface area (Å²) in [7, 11) is 1.61. The van der Waals surface area contributed by atoms with Crippen LogP contribution in [0.3, 0.4) is 0 Å². The molecule has 1 aromatic carbocycles. The molecular formula is C20H20N2O3S2. The zero-order valence-corrected chi connectivity index (χ0v) is 16.8. The van der Waals surface area contributed by atoms with Gasteiger partial charge in [0.05, 0.1) is 30.5 Å². The molecule has 0 N–H and O–H groups in total. The van der Waals surface area contributed by atoms with Gasteiger partial charge in [-0.1, -0.05) is 43.4 Å². The number of nitrogens with zero attached hydrogens (tertiary/aromatic N) is 2. The van der Waals surface area contributed by atoms with Gasteiger partial charge in [-0.2, -0.15) is 0 Å². The van der Waals surface area contributed by atoms with Gasteiger partial charge in [-0.05, 0) is 42.3 Å². The Morgan fingerprint density at radius 2 is 2.15 bits per heavy atom. The van der Waals surface area contributed by atoms with Crippen LogP contribution in [-0.2, 0) is 4.79 Å². The Labute approximate surface area is 168 Å². The first kappa shape index (κ1) is 19.4. The number of methoxy groups -OCH3 is 1. The summed E-state index contributed by atoms with van der Waals surface area (Å²) in [6, 6.07) is 9.21. The maximum Gasteiger partial charge on any atom is 0.270 e. The van der Waals surface area contributed by atoms with Gasteiger partial charge in [0.25, 0.3) is 5.91 Å². The number of rotatable bonds is 7. The maximum absolute atomic E-state index is 12.8. The molecule has 7 heteroatoms. The van der Waals surface area contributed by atoms with Crippen LogP contribution in [0.5, 0.6) is 11.5 Å². The third-order valence-corrected chi connectivity index (χ3v) is 5.24. The number of hydrogen-bond donors (Lipinski definition) is 0. The molecule has 0 spiro atoms. The molecule has 140 valence electrons. The number of unbranched alkanes of at least 4 members (excludes halogenated alkanes) is 1. The highest BCUT2D eigenvalue weighted by atomic mass is 32.2. The number of aromatic nitrogens is 1. The third-order valence-electron chi connectivity index (χ3n) is 3.94. The van der Waals surface area contributed by atoms with Crippen LogP contribution in [0, 0.1) is 0 Å². The van der Waals surface area contributed by atoms with Crippen molar-refractivity contribution in [1.29, 1.82) is 0 Å². The molecule has 27 heavy (non-hydrogen) atoms. The zero-order valence-electron chi connectivity index (χ0n) is 15.2. The first-order chi connectivity index (χ1) is 13.1. The molecule has 1 aliphatic rings. The predicted octanol–water partition coefficient (Wildman–Crippen LogP) is 4.67. The van der Waals surface area contributed by atoms with Crippen molar-refractivity contribution in [3.8, 4) is 11.5 Å². The Morgan fingerprint density at radius 3 is 2.85 bits per heavy atom. The van der Waals surface area contributed by atoms with E-state index in [1.54, 1.807) is 25.6 Å². The number of amides is 1. The highest BCUT2D eigenvalue weighted by Crippen LogP contribution is 2.37. The molecule has 2 aromatic rings. The molecule has 1 amide bonds. The molecular weight excluding hydrogens is 380 g/mol. The van der Waals surface area contributed by atoms with E-state index in [1.165, 1.54) is 16.7 Å². The van der Waals surface area contributed by atoms with Gasteiger partial charge >= 0.3 is 0 Å². The van der Waals surface area contributed by atoms with E-state index < -0.39 is 0 Å². The van der Waals surface area contributed by atoms with E-state index in [2.05, 4.69) is 11.9 Å². The van der Waals surface area contributed by atoms with Crippen molar-refractivity contribution in [3.05, 3.63) is 53.2 Å². The van der Waals surface area contributed by atoms with Crippen molar-refractivity contribution in [1.82, 2.24) is 4.98 Å². The summed E-state index contributed by atoms with van der Waals surface area (Å²) in [5.74, 6) is 1.19. The number of benzene rings is 1. The summed E-state index contributed by atoms with van der Waals surface area (Å²) in [4.78, 5) is 18.9. The second-order valence-electron chi connectivity index (χ2n) is 5.84. The van der Waals surface area contributed by atoms with E-state index in [4.69, 9.17) is 21.7 Å². The van der Waals surface area contributed by atoms with E-state index in [-0.39, 0.29) is 5.91 Å². The van der Waals surface area contributed by atoms with Gasteiger partial charge < -0.3 is 9.47 Å². The van der Waals surface area contributed by atoms with Gasteiger partial charge in [0.15, 0.2) is 15.8 Å². The zero-order chi connectivity index (χ0) is 19.2. The van der Waals surface area contributed by atoms with Crippen LogP contribution < -0.4 is 14.4 Å². The summed E-state index contributed by atoms with van der Waals surface area (Å²) >= 11 is 6.66. The van der Waals surface area contributed by atoms with Crippen LogP contribution >= 0.6 is 24.0 Å². The molecule has 0 unspecified atom stereocenters. The maximum atomic E-state index is 12.8. The van der Waals surface area contributed by atoms with Gasteiger partial charge in [0.2, 0.25) is 0 Å². The Hall–Kier alpha value is -2.38. The monoisotopic (exact) mass is 400 g/mol. The molecule has 5 nitrogen and oxygen atoms in total. The second-order valence-corrected chi connectivity index (χ2v) is 7.52. The van der Waals surface area contributed by atoms with Gasteiger partial charge in [-0.25, -0.2) is 0 Å². The first-order valence-corrected chi connectivity index (χ1v) is 9.85. The SMILES string of the molecule is CCCCOc1cc(/C=C2\SC(=S)N(c3cccnc3)C2=O)ccc1OC. The van der Waals surface area contributed by atoms with Crippen LogP contribution in [0.25, 0.3) is 6.08 Å². The topological polar surface area (TPSA) is 51.7 Å². The number of ether oxygens (including phenoxy) is 2. The number of thiocarbonyl (C=S) groups is 1. The molecule has 1 saturated heterocycles. The Bertz CT molecular complexity index is 869. The van der Waals surface area contributed by atoms with Crippen LogP contribution in [0.1, 0.15) is 25.3 Å². The standard InChI is InChI=1S/C20H20N2O3S2/c1-3-4-10-25-17-11-14(7-8-16(17)24-2)12-18-19(23)22(20(26)27-18)15-6-5-9-21-13-15/h5-9,11-13H,3-4,10H2,1-2H3/b18-12-. The van der Waals surface area contributed by atoms with Crippen LogP contribution in [0.4, 0.5) is 5.69 Å². The lowest BCUT2D eigenvalue weighted by Gasteiger charge is -2.13. The van der Waals surface area contributed by atoms with E-state index >= 15 is 0 Å². The van der Waals surface area contributed by atoms with Crippen LogP contribution in [-0.4, -0.2) is 28.9 Å². The fraction of sp³-hybridized carbons (Fsp3) is 0.250. The van der Waals surface area contributed by atoms with E-state index in [0.717, 1.165) is 18.4 Å². The highest BCUT2D eigenvalue weighted by molar-refractivity contribution is 8.27. The minimum Gasteiger partial charge on any atom is -0.493 e. The molecule has 1 aliphatic heterocycles. The molecule has 0 saturated carbocycles. The summed E-state index contributed by atoms with van der Waals surface area (Å²) in [6.07, 6.45) is 7.13. The molecule has 2 heterocycles. The molecule has 0 aliphatic carbocycles. The first-order valence-electron chi connectivity index (χ1n) is 8.63.